The second kappa shape index (κ2) is 5.05. The highest BCUT2D eigenvalue weighted by atomic mass is 32.2. The highest BCUT2D eigenvalue weighted by Crippen LogP contribution is 2.26. The van der Waals surface area contributed by atoms with Gasteiger partial charge in [-0.15, -0.1) is 0 Å². The van der Waals surface area contributed by atoms with Crippen molar-refractivity contribution in [3.05, 3.63) is 34.1 Å². The zero-order valence-electron chi connectivity index (χ0n) is 10.0. The predicted octanol–water partition coefficient (Wildman–Crippen LogP) is -0.540. The Labute approximate surface area is 113 Å². The molecule has 0 saturated carbocycles. The van der Waals surface area contributed by atoms with Gasteiger partial charge < -0.3 is 10.2 Å². The minimum Gasteiger partial charge on any atom is -0.389 e. The monoisotopic (exact) mass is 306 g/mol. The molecule has 8 nitrogen and oxygen atoms in total. The van der Waals surface area contributed by atoms with Crippen LogP contribution in [0.1, 0.15) is 0 Å². The summed E-state index contributed by atoms with van der Waals surface area (Å²) in [6.07, 6.45) is -2.44. The summed E-state index contributed by atoms with van der Waals surface area (Å²) in [6.45, 7) is -0.649. The third-order valence-electron chi connectivity index (χ3n) is 2.98. The maximum absolute atomic E-state index is 13.2. The van der Waals surface area contributed by atoms with Gasteiger partial charge in [-0.3, -0.25) is 10.1 Å². The van der Waals surface area contributed by atoms with E-state index in [-0.39, 0.29) is 13.1 Å². The molecule has 1 aromatic carbocycles. The minimum absolute atomic E-state index is 0.325. The van der Waals surface area contributed by atoms with Gasteiger partial charge in [0.05, 0.1) is 22.0 Å². The number of rotatable bonds is 3. The molecule has 1 heterocycles. The standard InChI is InChI=1S/C10H11FN2O6S/c11-7-2-1-6(3-8(7)13(16)17)20(18,19)12-4-9(14)10(15)5-12/h1-3,9-10,14-15H,4-5H2/t9-,10+. The molecule has 2 rings (SSSR count). The summed E-state index contributed by atoms with van der Waals surface area (Å²) in [7, 11) is -4.14. The molecule has 0 radical (unpaired) electrons. The highest BCUT2D eigenvalue weighted by Gasteiger charge is 2.38. The highest BCUT2D eigenvalue weighted by molar-refractivity contribution is 7.89. The molecule has 0 aliphatic carbocycles. The molecule has 1 aliphatic rings. The topological polar surface area (TPSA) is 121 Å². The van der Waals surface area contributed by atoms with Gasteiger partial charge in [0.25, 0.3) is 0 Å². The van der Waals surface area contributed by atoms with E-state index in [9.17, 15) is 33.1 Å². The van der Waals surface area contributed by atoms with Crippen molar-refractivity contribution in [2.45, 2.75) is 17.1 Å². The van der Waals surface area contributed by atoms with Crippen molar-refractivity contribution in [1.82, 2.24) is 4.31 Å². The first-order valence-electron chi connectivity index (χ1n) is 5.53. The van der Waals surface area contributed by atoms with E-state index in [2.05, 4.69) is 0 Å². The first kappa shape index (κ1) is 14.8. The van der Waals surface area contributed by atoms with Crippen molar-refractivity contribution in [2.24, 2.45) is 0 Å². The Hall–Kier alpha value is -1.62. The average Bonchev–Trinajstić information content (AvgIpc) is 2.70. The summed E-state index contributed by atoms with van der Waals surface area (Å²) in [6, 6.07) is 2.20. The fourth-order valence-electron chi connectivity index (χ4n) is 1.87. The van der Waals surface area contributed by atoms with Gasteiger partial charge in [-0.05, 0) is 12.1 Å². The molecule has 20 heavy (non-hydrogen) atoms. The second-order valence-electron chi connectivity index (χ2n) is 4.33. The van der Waals surface area contributed by atoms with Crippen molar-refractivity contribution in [2.75, 3.05) is 13.1 Å². The number of halogens is 1. The Bertz CT molecular complexity index is 639. The summed E-state index contributed by atoms with van der Waals surface area (Å²) >= 11 is 0. The number of benzene rings is 1. The van der Waals surface area contributed by atoms with Crippen LogP contribution in [0, 0.1) is 15.9 Å². The zero-order valence-corrected chi connectivity index (χ0v) is 10.8. The van der Waals surface area contributed by atoms with Gasteiger partial charge in [0.15, 0.2) is 0 Å². The van der Waals surface area contributed by atoms with Crippen molar-refractivity contribution >= 4 is 15.7 Å². The van der Waals surface area contributed by atoms with Crippen LogP contribution in [-0.2, 0) is 10.0 Å². The summed E-state index contributed by atoms with van der Waals surface area (Å²) in [5, 5.41) is 29.3. The molecule has 1 aromatic rings. The van der Waals surface area contributed by atoms with Crippen LogP contribution in [-0.4, -0.2) is 53.2 Å². The number of nitro groups is 1. The third-order valence-corrected chi connectivity index (χ3v) is 4.81. The number of hydrogen-bond donors (Lipinski definition) is 2. The molecule has 0 amide bonds. The number of β-amino-alcohol motifs (C(OH)–C–C–N with tert-alkyl or cyclic N) is 2. The molecule has 10 heteroatoms. The number of nitro benzene ring substituents is 1. The van der Waals surface area contributed by atoms with Crippen molar-refractivity contribution < 1.29 is 27.9 Å². The van der Waals surface area contributed by atoms with Gasteiger partial charge in [-0.25, -0.2) is 8.42 Å². The maximum Gasteiger partial charge on any atom is 0.306 e. The van der Waals surface area contributed by atoms with Crippen LogP contribution < -0.4 is 0 Å². The molecule has 110 valence electrons. The summed E-state index contributed by atoms with van der Waals surface area (Å²) < 4.78 is 38.3. The van der Waals surface area contributed by atoms with Crippen LogP contribution in [0.5, 0.6) is 0 Å². The van der Waals surface area contributed by atoms with Gasteiger partial charge in [-0.1, -0.05) is 0 Å². The first-order chi connectivity index (χ1) is 9.23. The Morgan fingerprint density at radius 3 is 2.35 bits per heavy atom. The Morgan fingerprint density at radius 2 is 1.85 bits per heavy atom. The van der Waals surface area contributed by atoms with Gasteiger partial charge in [-0.2, -0.15) is 8.70 Å². The van der Waals surface area contributed by atoms with Crippen molar-refractivity contribution in [3.8, 4) is 0 Å². The summed E-state index contributed by atoms with van der Waals surface area (Å²) in [5.74, 6) is -1.14. The molecule has 2 N–H and O–H groups in total. The van der Waals surface area contributed by atoms with Crippen LogP contribution in [0.15, 0.2) is 23.1 Å². The summed E-state index contributed by atoms with van der Waals surface area (Å²) in [5.41, 5.74) is -0.952. The lowest BCUT2D eigenvalue weighted by atomic mass is 10.3. The lowest BCUT2D eigenvalue weighted by Gasteiger charge is -2.15. The molecule has 2 atom stereocenters. The Balaban J connectivity index is 2.40. The van der Waals surface area contributed by atoms with E-state index in [0.717, 1.165) is 10.4 Å². The molecule has 1 fully saturated rings. The van der Waals surface area contributed by atoms with Crippen molar-refractivity contribution in [1.29, 1.82) is 0 Å². The third kappa shape index (κ3) is 2.50. The van der Waals surface area contributed by atoms with E-state index in [1.807, 2.05) is 0 Å². The van der Waals surface area contributed by atoms with Crippen LogP contribution in [0.25, 0.3) is 0 Å². The normalized spacial score (nSPS) is 23.9. The number of aliphatic hydroxyl groups is 2. The molecule has 0 spiro atoms. The van der Waals surface area contributed by atoms with Crippen LogP contribution >= 0.6 is 0 Å². The van der Waals surface area contributed by atoms with Gasteiger partial charge in [0.2, 0.25) is 15.8 Å². The molecular formula is C10H11FN2O6S. The van der Waals surface area contributed by atoms with Crippen LogP contribution in [0.3, 0.4) is 0 Å². The SMILES string of the molecule is O=[N+]([O-])c1cc(S(=O)(=O)N2C[C@@H](O)[C@@H](O)C2)ccc1F. The quantitative estimate of drug-likeness (QED) is 0.571. The van der Waals surface area contributed by atoms with Gasteiger partial charge in [0.1, 0.15) is 0 Å². The fourth-order valence-corrected chi connectivity index (χ4v) is 3.37. The van der Waals surface area contributed by atoms with E-state index in [1.54, 1.807) is 0 Å². The number of nitrogens with zero attached hydrogens (tertiary/aromatic N) is 2. The molecule has 1 saturated heterocycles. The van der Waals surface area contributed by atoms with Gasteiger partial charge >= 0.3 is 5.69 Å². The zero-order chi connectivity index (χ0) is 15.1. The number of sulfonamides is 1. The predicted molar refractivity (Wildman–Crippen MR) is 63.8 cm³/mol. The first-order valence-corrected chi connectivity index (χ1v) is 6.97. The van der Waals surface area contributed by atoms with E-state index in [0.29, 0.717) is 12.1 Å². The smallest absolute Gasteiger partial charge is 0.306 e. The largest absolute Gasteiger partial charge is 0.389 e. The number of aliphatic hydroxyl groups excluding tert-OH is 2. The molecular weight excluding hydrogens is 295 g/mol. The maximum atomic E-state index is 13.2. The molecule has 0 unspecified atom stereocenters. The molecule has 0 bridgehead atoms. The fraction of sp³-hybridized carbons (Fsp3) is 0.400. The van der Waals surface area contributed by atoms with E-state index in [4.69, 9.17) is 0 Å². The van der Waals surface area contributed by atoms with Crippen molar-refractivity contribution in [3.63, 3.8) is 0 Å². The molecule has 1 aliphatic heterocycles. The van der Waals surface area contributed by atoms with Crippen LogP contribution in [0.2, 0.25) is 0 Å². The molecule has 0 aromatic heterocycles. The Morgan fingerprint density at radius 1 is 1.30 bits per heavy atom. The lowest BCUT2D eigenvalue weighted by molar-refractivity contribution is -0.387. The second-order valence-corrected chi connectivity index (χ2v) is 6.26. The lowest BCUT2D eigenvalue weighted by Crippen LogP contribution is -2.30. The number of hydrogen-bond acceptors (Lipinski definition) is 6. The average molecular weight is 306 g/mol. The van der Waals surface area contributed by atoms with E-state index in [1.165, 1.54) is 0 Å². The summed E-state index contributed by atoms with van der Waals surface area (Å²) in [4.78, 5) is 9.11. The Kier molecular flexibility index (Phi) is 3.73. The van der Waals surface area contributed by atoms with E-state index < -0.39 is 43.6 Å². The minimum atomic E-state index is -4.14. The van der Waals surface area contributed by atoms with E-state index >= 15 is 0 Å². The van der Waals surface area contributed by atoms with Crippen LogP contribution in [0.4, 0.5) is 10.1 Å². The van der Waals surface area contributed by atoms with Gasteiger partial charge in [0, 0.05) is 19.2 Å².